The minimum absolute atomic E-state index is 0.0704. The van der Waals surface area contributed by atoms with Crippen molar-refractivity contribution < 1.29 is 9.53 Å². The molecule has 1 heterocycles. The number of amides is 1. The van der Waals surface area contributed by atoms with Crippen LogP contribution < -0.4 is 15.6 Å². The van der Waals surface area contributed by atoms with Gasteiger partial charge in [0.15, 0.2) is 5.16 Å². The molecule has 0 bridgehead atoms. The third-order valence-electron chi connectivity index (χ3n) is 5.12. The van der Waals surface area contributed by atoms with Crippen molar-refractivity contribution >= 4 is 45.9 Å². The van der Waals surface area contributed by atoms with Gasteiger partial charge in [-0.05, 0) is 55.8 Å². The molecule has 1 N–H and O–H groups in total. The van der Waals surface area contributed by atoms with Gasteiger partial charge in [-0.2, -0.15) is 0 Å². The van der Waals surface area contributed by atoms with Crippen LogP contribution in [0.1, 0.15) is 11.1 Å². The Morgan fingerprint density at radius 1 is 1.12 bits per heavy atom. The van der Waals surface area contributed by atoms with Crippen molar-refractivity contribution in [3.63, 3.8) is 0 Å². The number of methoxy groups -OCH3 is 1. The number of fused-ring (bicyclic) bond motifs is 1. The highest BCUT2D eigenvalue weighted by Gasteiger charge is 2.18. The summed E-state index contributed by atoms with van der Waals surface area (Å²) >= 11 is 7.31. The lowest BCUT2D eigenvalue weighted by molar-refractivity contribution is -0.113. The van der Waals surface area contributed by atoms with Crippen molar-refractivity contribution in [2.45, 2.75) is 19.0 Å². The molecule has 1 aromatic heterocycles. The van der Waals surface area contributed by atoms with E-state index in [-0.39, 0.29) is 17.2 Å². The maximum absolute atomic E-state index is 13.5. The Bertz CT molecular complexity index is 1420. The first-order valence-corrected chi connectivity index (χ1v) is 11.6. The number of benzene rings is 3. The maximum Gasteiger partial charge on any atom is 0.266 e. The van der Waals surface area contributed by atoms with Crippen molar-refractivity contribution in [2.75, 3.05) is 18.2 Å². The Labute approximate surface area is 200 Å². The Morgan fingerprint density at radius 3 is 2.67 bits per heavy atom. The Morgan fingerprint density at radius 2 is 1.91 bits per heavy atom. The van der Waals surface area contributed by atoms with E-state index >= 15 is 0 Å². The van der Waals surface area contributed by atoms with Gasteiger partial charge in [-0.3, -0.25) is 14.2 Å². The largest absolute Gasteiger partial charge is 0.495 e. The number of aromatic nitrogens is 2. The van der Waals surface area contributed by atoms with Crippen molar-refractivity contribution in [3.8, 4) is 11.4 Å². The van der Waals surface area contributed by atoms with E-state index in [2.05, 4.69) is 10.3 Å². The second-order valence-corrected chi connectivity index (χ2v) is 8.90. The van der Waals surface area contributed by atoms with Gasteiger partial charge in [0.05, 0.1) is 29.5 Å². The number of hydrogen-bond acceptors (Lipinski definition) is 5. The van der Waals surface area contributed by atoms with Crippen LogP contribution in [0.25, 0.3) is 16.6 Å². The van der Waals surface area contributed by atoms with E-state index in [4.69, 9.17) is 16.3 Å². The van der Waals surface area contributed by atoms with Gasteiger partial charge in [-0.15, -0.1) is 0 Å². The lowest BCUT2D eigenvalue weighted by Crippen LogP contribution is -2.23. The number of nitrogens with zero attached hydrogens (tertiary/aromatic N) is 2. The second kappa shape index (κ2) is 9.68. The highest BCUT2D eigenvalue weighted by molar-refractivity contribution is 7.99. The van der Waals surface area contributed by atoms with E-state index in [1.807, 2.05) is 44.2 Å². The van der Waals surface area contributed by atoms with Crippen LogP contribution in [-0.2, 0) is 4.79 Å². The number of rotatable bonds is 6. The van der Waals surface area contributed by atoms with Crippen LogP contribution in [0.5, 0.6) is 5.75 Å². The topological polar surface area (TPSA) is 73.2 Å². The van der Waals surface area contributed by atoms with Crippen LogP contribution in [0.15, 0.2) is 70.6 Å². The highest BCUT2D eigenvalue weighted by Crippen LogP contribution is 2.28. The number of carbonyl (C=O) groups excluding carboxylic acids is 1. The third-order valence-corrected chi connectivity index (χ3v) is 6.29. The summed E-state index contributed by atoms with van der Waals surface area (Å²) in [5, 5.41) is 4.21. The monoisotopic (exact) mass is 479 g/mol. The molecule has 6 nitrogen and oxygen atoms in total. The van der Waals surface area contributed by atoms with Crippen molar-refractivity contribution in [3.05, 3.63) is 87.2 Å². The Kier molecular flexibility index (Phi) is 6.72. The molecule has 4 aromatic rings. The zero-order valence-electron chi connectivity index (χ0n) is 18.4. The molecule has 3 aromatic carbocycles. The van der Waals surface area contributed by atoms with E-state index in [9.17, 15) is 9.59 Å². The predicted octanol–water partition coefficient (Wildman–Crippen LogP) is 5.40. The van der Waals surface area contributed by atoms with E-state index in [0.29, 0.717) is 32.5 Å². The molecular weight excluding hydrogens is 458 g/mol. The number of anilines is 1. The molecule has 0 aliphatic rings. The van der Waals surface area contributed by atoms with Crippen LogP contribution in [0.3, 0.4) is 0 Å². The summed E-state index contributed by atoms with van der Waals surface area (Å²) in [5.74, 6) is 0.399. The fourth-order valence-electron chi connectivity index (χ4n) is 3.53. The molecule has 33 heavy (non-hydrogen) atoms. The quantitative estimate of drug-likeness (QED) is 0.296. The van der Waals surface area contributed by atoms with Gasteiger partial charge in [0, 0.05) is 10.7 Å². The number of para-hydroxylation sites is 2. The number of carbonyl (C=O) groups is 1. The molecule has 168 valence electrons. The molecule has 8 heteroatoms. The van der Waals surface area contributed by atoms with Crippen LogP contribution in [0, 0.1) is 13.8 Å². The normalized spacial score (nSPS) is 10.9. The minimum atomic E-state index is -0.265. The first kappa shape index (κ1) is 22.9. The van der Waals surface area contributed by atoms with Crippen LogP contribution in [0.4, 0.5) is 5.69 Å². The van der Waals surface area contributed by atoms with E-state index < -0.39 is 0 Å². The average molecular weight is 480 g/mol. The summed E-state index contributed by atoms with van der Waals surface area (Å²) in [5.41, 5.74) is 3.62. The van der Waals surface area contributed by atoms with Crippen molar-refractivity contribution in [1.82, 2.24) is 9.55 Å². The van der Waals surface area contributed by atoms with E-state index in [1.54, 1.807) is 37.4 Å². The van der Waals surface area contributed by atoms with Gasteiger partial charge in [0.1, 0.15) is 5.75 Å². The van der Waals surface area contributed by atoms with Gasteiger partial charge in [0.2, 0.25) is 5.91 Å². The van der Waals surface area contributed by atoms with Crippen LogP contribution in [-0.4, -0.2) is 28.3 Å². The summed E-state index contributed by atoms with van der Waals surface area (Å²) < 4.78 is 6.95. The Balaban J connectivity index is 1.72. The zero-order valence-corrected chi connectivity index (χ0v) is 20.0. The molecule has 0 unspecified atom stereocenters. The maximum atomic E-state index is 13.5. The van der Waals surface area contributed by atoms with Gasteiger partial charge in [-0.25, -0.2) is 4.98 Å². The summed E-state index contributed by atoms with van der Waals surface area (Å²) in [7, 11) is 1.54. The number of ether oxygens (including phenoxy) is 1. The van der Waals surface area contributed by atoms with Crippen LogP contribution in [0.2, 0.25) is 5.02 Å². The molecule has 0 saturated heterocycles. The molecule has 4 rings (SSSR count). The number of halogens is 1. The van der Waals surface area contributed by atoms with Gasteiger partial charge < -0.3 is 10.1 Å². The molecule has 0 saturated carbocycles. The summed E-state index contributed by atoms with van der Waals surface area (Å²) in [6.45, 7) is 3.95. The molecule has 0 radical (unpaired) electrons. The lowest BCUT2D eigenvalue weighted by atomic mass is 10.1. The smallest absolute Gasteiger partial charge is 0.266 e. The number of aryl methyl sites for hydroxylation is 2. The van der Waals surface area contributed by atoms with E-state index in [1.165, 1.54) is 16.3 Å². The SMILES string of the molecule is COc1ccccc1-n1c(SCC(=O)Nc2ccc(C)cc2C)nc2cc(Cl)ccc2c1=O. The summed E-state index contributed by atoms with van der Waals surface area (Å²) in [6, 6.07) is 18.0. The number of nitrogens with one attached hydrogen (secondary N) is 1. The van der Waals surface area contributed by atoms with Crippen LogP contribution >= 0.6 is 23.4 Å². The number of hydrogen-bond donors (Lipinski definition) is 1. The van der Waals surface area contributed by atoms with Gasteiger partial charge >= 0.3 is 0 Å². The molecule has 0 atom stereocenters. The average Bonchev–Trinajstić information content (AvgIpc) is 2.79. The molecule has 0 aliphatic carbocycles. The minimum Gasteiger partial charge on any atom is -0.495 e. The first-order valence-electron chi connectivity index (χ1n) is 10.2. The van der Waals surface area contributed by atoms with Gasteiger partial charge in [-0.1, -0.05) is 53.2 Å². The standard InChI is InChI=1S/C25H22ClN3O3S/c1-15-8-11-19(16(2)12-15)27-23(30)14-33-25-28-20-13-17(26)9-10-18(20)24(31)29(25)21-6-4-5-7-22(21)32-3/h4-13H,14H2,1-3H3,(H,27,30). The first-order chi connectivity index (χ1) is 15.9. The fourth-order valence-corrected chi connectivity index (χ4v) is 4.50. The summed E-state index contributed by atoms with van der Waals surface area (Å²) in [4.78, 5) is 30.8. The van der Waals surface area contributed by atoms with E-state index in [0.717, 1.165) is 16.8 Å². The van der Waals surface area contributed by atoms with Crippen molar-refractivity contribution in [1.29, 1.82) is 0 Å². The number of thioether (sulfide) groups is 1. The molecule has 0 aliphatic heterocycles. The predicted molar refractivity (Wildman–Crippen MR) is 134 cm³/mol. The zero-order chi connectivity index (χ0) is 23.5. The van der Waals surface area contributed by atoms with Gasteiger partial charge in [0.25, 0.3) is 5.56 Å². The third kappa shape index (κ3) is 4.89. The fraction of sp³-hybridized carbons (Fsp3) is 0.160. The highest BCUT2D eigenvalue weighted by atomic mass is 35.5. The molecule has 0 fully saturated rings. The molecule has 0 spiro atoms. The summed E-state index contributed by atoms with van der Waals surface area (Å²) in [6.07, 6.45) is 0. The molecular formula is C25H22ClN3O3S. The second-order valence-electron chi connectivity index (χ2n) is 7.52. The van der Waals surface area contributed by atoms with Crippen molar-refractivity contribution in [2.24, 2.45) is 0 Å². The Hall–Kier alpha value is -3.29. The molecule has 1 amide bonds. The lowest BCUT2D eigenvalue weighted by Gasteiger charge is -2.16.